The number of carbonyl (C=O) groups is 1. The van der Waals surface area contributed by atoms with Gasteiger partial charge in [0.05, 0.1) is 0 Å². The van der Waals surface area contributed by atoms with E-state index in [0.29, 0.717) is 19.6 Å². The van der Waals surface area contributed by atoms with Crippen LogP contribution >= 0.6 is 0 Å². The first-order valence-corrected chi connectivity index (χ1v) is 11.8. The maximum Gasteiger partial charge on any atom is 0.244 e. The molecule has 0 spiro atoms. The van der Waals surface area contributed by atoms with Gasteiger partial charge in [0.25, 0.3) is 0 Å². The summed E-state index contributed by atoms with van der Waals surface area (Å²) in [5.74, 6) is -0.202. The zero-order chi connectivity index (χ0) is 24.3. The van der Waals surface area contributed by atoms with Crippen LogP contribution in [0.3, 0.4) is 0 Å². The van der Waals surface area contributed by atoms with Gasteiger partial charge in [-0.25, -0.2) is 4.57 Å². The minimum atomic E-state index is -0.221. The molecule has 0 aromatic carbocycles. The molecule has 0 atom stereocenters. The normalized spacial score (nSPS) is 17.0. The summed E-state index contributed by atoms with van der Waals surface area (Å²) in [4.78, 5) is 11.9. The highest BCUT2D eigenvalue weighted by atomic mass is 16.3. The van der Waals surface area contributed by atoms with Crippen molar-refractivity contribution >= 4 is 18.1 Å². The fraction of sp³-hybridized carbons (Fsp3) is 0.429. The second-order valence-corrected chi connectivity index (χ2v) is 9.23. The Morgan fingerprint density at radius 3 is 2.76 bits per heavy atom. The molecule has 0 unspecified atom stereocenters. The van der Waals surface area contributed by atoms with Gasteiger partial charge >= 0.3 is 0 Å². The van der Waals surface area contributed by atoms with Crippen molar-refractivity contribution in [3.63, 3.8) is 0 Å². The van der Waals surface area contributed by atoms with Crippen molar-refractivity contribution in [1.29, 1.82) is 0 Å². The lowest BCUT2D eigenvalue weighted by Gasteiger charge is -2.32. The van der Waals surface area contributed by atoms with E-state index < -0.39 is 0 Å². The summed E-state index contributed by atoms with van der Waals surface area (Å²) in [7, 11) is 0. The maximum atomic E-state index is 11.9. The molecule has 0 radical (unpaired) electrons. The first-order chi connectivity index (χ1) is 15.8. The Morgan fingerprint density at radius 2 is 2.06 bits per heavy atom. The number of rotatable bonds is 10. The monoisotopic (exact) mass is 449 g/mol. The molecule has 1 aliphatic carbocycles. The fourth-order valence-corrected chi connectivity index (χ4v) is 4.12. The zero-order valence-corrected chi connectivity index (χ0v) is 20.6. The Morgan fingerprint density at radius 1 is 1.27 bits per heavy atom. The van der Waals surface area contributed by atoms with Crippen LogP contribution in [0.25, 0.3) is 12.2 Å². The third-order valence-corrected chi connectivity index (χ3v) is 5.98. The number of allylic oxidation sites excluding steroid dienone is 7. The number of carbonyl (C=O) groups excluding carboxylic acids is 1. The van der Waals surface area contributed by atoms with Crippen LogP contribution in [0.15, 0.2) is 65.4 Å². The highest BCUT2D eigenvalue weighted by molar-refractivity contribution is 5.91. The second kappa shape index (κ2) is 13.1. The van der Waals surface area contributed by atoms with Gasteiger partial charge < -0.3 is 16.2 Å². The van der Waals surface area contributed by atoms with E-state index in [9.17, 15) is 9.90 Å². The van der Waals surface area contributed by atoms with Crippen molar-refractivity contribution in [2.75, 3.05) is 19.7 Å². The van der Waals surface area contributed by atoms with Crippen molar-refractivity contribution in [2.45, 2.75) is 53.5 Å². The molecule has 0 saturated carbocycles. The van der Waals surface area contributed by atoms with Crippen LogP contribution in [0, 0.1) is 5.41 Å². The van der Waals surface area contributed by atoms with Crippen LogP contribution < -0.4 is 20.7 Å². The van der Waals surface area contributed by atoms with E-state index in [4.69, 9.17) is 5.73 Å². The summed E-state index contributed by atoms with van der Waals surface area (Å²) in [6.07, 6.45) is 19.4. The Kier molecular flexibility index (Phi) is 10.5. The minimum Gasteiger partial charge on any atom is -0.850 e. The van der Waals surface area contributed by atoms with Gasteiger partial charge in [-0.3, -0.25) is 4.79 Å². The molecule has 178 valence electrons. The number of hydrogen-bond acceptors (Lipinski definition) is 3. The average molecular weight is 450 g/mol. The topological polar surface area (TPSA) is 82.1 Å². The summed E-state index contributed by atoms with van der Waals surface area (Å²) < 4.78 is 1.85. The molecule has 0 fully saturated rings. The fourth-order valence-electron chi connectivity index (χ4n) is 4.12. The summed E-state index contributed by atoms with van der Waals surface area (Å²) in [6.45, 7) is 9.97. The molecule has 5 heteroatoms. The van der Waals surface area contributed by atoms with E-state index >= 15 is 0 Å². The molecule has 33 heavy (non-hydrogen) atoms. The number of nitrogens with two attached hydrogens (primary N) is 1. The molecule has 3 N–H and O–H groups in total. The quantitative estimate of drug-likeness (QED) is 0.326. The van der Waals surface area contributed by atoms with Gasteiger partial charge in [-0.2, -0.15) is 0 Å². The van der Waals surface area contributed by atoms with Gasteiger partial charge in [0.15, 0.2) is 6.20 Å². The molecule has 1 amide bonds. The second-order valence-electron chi connectivity index (χ2n) is 9.23. The van der Waals surface area contributed by atoms with Gasteiger partial charge in [-0.15, -0.1) is 0 Å². The summed E-state index contributed by atoms with van der Waals surface area (Å²) in [6, 6.07) is 3.94. The van der Waals surface area contributed by atoms with Gasteiger partial charge in [0, 0.05) is 37.4 Å². The van der Waals surface area contributed by atoms with E-state index in [2.05, 4.69) is 51.2 Å². The third kappa shape index (κ3) is 8.60. The van der Waals surface area contributed by atoms with Crippen LogP contribution in [-0.2, 0) is 11.3 Å². The molecular weight excluding hydrogens is 410 g/mol. The zero-order valence-electron chi connectivity index (χ0n) is 20.6. The number of pyridine rings is 1. The van der Waals surface area contributed by atoms with E-state index in [1.165, 1.54) is 42.1 Å². The molecule has 1 aromatic rings. The molecule has 2 rings (SSSR count). The number of nitrogens with zero attached hydrogens (tertiary/aromatic N) is 1. The van der Waals surface area contributed by atoms with E-state index in [-0.39, 0.29) is 17.9 Å². The maximum absolute atomic E-state index is 11.9. The lowest BCUT2D eigenvalue weighted by atomic mass is 9.72. The third-order valence-electron chi connectivity index (χ3n) is 5.98. The Hall–Kier alpha value is -2.76. The first kappa shape index (κ1) is 26.5. The van der Waals surface area contributed by atoms with Gasteiger partial charge in [-0.1, -0.05) is 62.0 Å². The minimum absolute atomic E-state index is 0.202. The molecule has 0 saturated heterocycles. The Balaban J connectivity index is 2.14. The van der Waals surface area contributed by atoms with Gasteiger partial charge in [-0.05, 0) is 49.7 Å². The van der Waals surface area contributed by atoms with Crippen LogP contribution in [0.4, 0.5) is 0 Å². The molecule has 0 bridgehead atoms. The molecular formula is C28H39N3O2. The summed E-state index contributed by atoms with van der Waals surface area (Å²) in [5, 5.41) is 13.8. The lowest BCUT2D eigenvalue weighted by molar-refractivity contribution is -0.713. The SMILES string of the molecule is CC1=C(/C=C/C(C)=C/C=C/c2cc[n+](CC[O-])c(/C=C/C(=O)NCCN)c2)C(C)(C)CCC1. The number of nitrogens with one attached hydrogen (secondary N) is 1. The molecule has 1 heterocycles. The van der Waals surface area contributed by atoms with Crippen molar-refractivity contribution < 1.29 is 14.5 Å². The van der Waals surface area contributed by atoms with Crippen LogP contribution in [0.5, 0.6) is 0 Å². The molecule has 1 aliphatic rings. The first-order valence-electron chi connectivity index (χ1n) is 11.8. The smallest absolute Gasteiger partial charge is 0.244 e. The van der Waals surface area contributed by atoms with Crippen LogP contribution in [0.2, 0.25) is 0 Å². The number of hydrogen-bond donors (Lipinski definition) is 2. The molecule has 5 nitrogen and oxygen atoms in total. The highest BCUT2D eigenvalue weighted by Crippen LogP contribution is 2.40. The van der Waals surface area contributed by atoms with Crippen molar-refractivity contribution in [1.82, 2.24) is 5.32 Å². The predicted molar refractivity (Wildman–Crippen MR) is 135 cm³/mol. The van der Waals surface area contributed by atoms with E-state index in [1.54, 1.807) is 6.08 Å². The molecule has 1 aromatic heterocycles. The van der Waals surface area contributed by atoms with Crippen molar-refractivity contribution in [3.05, 3.63) is 76.7 Å². The van der Waals surface area contributed by atoms with Crippen LogP contribution in [-0.4, -0.2) is 25.6 Å². The van der Waals surface area contributed by atoms with E-state index in [0.717, 1.165) is 11.3 Å². The molecule has 0 aliphatic heterocycles. The van der Waals surface area contributed by atoms with Crippen molar-refractivity contribution in [3.8, 4) is 0 Å². The van der Waals surface area contributed by atoms with Crippen molar-refractivity contribution in [2.24, 2.45) is 11.1 Å². The number of aromatic nitrogens is 1. The summed E-state index contributed by atoms with van der Waals surface area (Å²) in [5.41, 5.74) is 11.6. The van der Waals surface area contributed by atoms with Gasteiger partial charge in [0.2, 0.25) is 11.6 Å². The average Bonchev–Trinajstić information content (AvgIpc) is 2.77. The Labute approximate surface area is 199 Å². The largest absolute Gasteiger partial charge is 0.850 e. The highest BCUT2D eigenvalue weighted by Gasteiger charge is 2.26. The number of amides is 1. The lowest BCUT2D eigenvalue weighted by Crippen LogP contribution is -2.41. The summed E-state index contributed by atoms with van der Waals surface area (Å²) >= 11 is 0. The van der Waals surface area contributed by atoms with Crippen LogP contribution in [0.1, 0.15) is 58.2 Å². The van der Waals surface area contributed by atoms with E-state index in [1.807, 2.05) is 35.0 Å². The predicted octanol–water partition coefficient (Wildman–Crippen LogP) is 3.46. The van der Waals surface area contributed by atoms with Gasteiger partial charge in [0.1, 0.15) is 6.54 Å². The standard InChI is InChI=1S/C28H39N3O2/c1-22(10-12-26-23(2)8-6-15-28(26,3)4)7-5-9-24-14-18-31(19-20-32)25(21-24)11-13-27(33)30-17-16-29/h5,7,9-14,18,21H,6,8,15-17,19-20,29H2,1-4H3,(H,30,33)/b9-5+,12-10+,13-11+,22-7+. The Bertz CT molecular complexity index is 965.